The van der Waals surface area contributed by atoms with E-state index < -0.39 is 5.97 Å². The summed E-state index contributed by atoms with van der Waals surface area (Å²) in [6, 6.07) is 62.9. The van der Waals surface area contributed by atoms with Crippen LogP contribution >= 0.6 is 0 Å². The molecule has 0 unspecified atom stereocenters. The maximum Gasteiger partial charge on any atom is 0.306 e. The van der Waals surface area contributed by atoms with Gasteiger partial charge in [0.1, 0.15) is 19.8 Å². The van der Waals surface area contributed by atoms with Gasteiger partial charge in [0.05, 0.1) is 19.4 Å². The SMILES string of the molecule is C=Cc1ccc(CN(C)C(=O)CC)cc1.C=Cc1ccc(CNC(C)=O)cc1.C=Cc1ccc(COC(=O)CCC(=O)OCCCC)cc1.C=Cc1ccc(COC(=O)CCCCC)cc1.C=Cc1cccc(CNC(=O)CC)c1.C=Cc1cccc(CNC(C)=O)c1.C=Cc1cccc(COC(=O)CCCCC)c1.C=Cc1ccccc1CNC(C)=O. The average molecular weight is 1670 g/mol. The zero-order valence-corrected chi connectivity index (χ0v) is 74.3. The lowest BCUT2D eigenvalue weighted by Crippen LogP contribution is -2.25. The van der Waals surface area contributed by atoms with E-state index in [1.165, 1.54) is 20.8 Å². The van der Waals surface area contributed by atoms with Crippen molar-refractivity contribution < 1.29 is 62.1 Å². The van der Waals surface area contributed by atoms with Crippen LogP contribution in [0.5, 0.6) is 0 Å². The molecule has 0 atom stereocenters. The number of carbonyl (C=O) groups is 9. The van der Waals surface area contributed by atoms with Crippen molar-refractivity contribution >= 4 is 102 Å². The molecule has 0 radical (unpaired) electrons. The molecule has 0 aromatic heterocycles. The van der Waals surface area contributed by atoms with Gasteiger partial charge in [-0.3, -0.25) is 43.2 Å². The lowest BCUT2D eigenvalue weighted by Gasteiger charge is -2.16. The summed E-state index contributed by atoms with van der Waals surface area (Å²) >= 11 is 0. The van der Waals surface area contributed by atoms with Crippen LogP contribution in [0, 0.1) is 0 Å². The fourth-order valence-electron chi connectivity index (χ4n) is 10.4. The Morgan fingerprint density at radius 3 is 1.04 bits per heavy atom. The van der Waals surface area contributed by atoms with Crippen LogP contribution in [0.25, 0.3) is 48.6 Å². The second-order valence-electron chi connectivity index (χ2n) is 28.0. The van der Waals surface area contributed by atoms with Crippen molar-refractivity contribution in [3.8, 4) is 0 Å². The summed E-state index contributed by atoms with van der Waals surface area (Å²) in [6.07, 6.45) is 24.6. The van der Waals surface area contributed by atoms with Crippen molar-refractivity contribution in [2.75, 3.05) is 13.7 Å². The van der Waals surface area contributed by atoms with Crippen LogP contribution in [-0.2, 0) is 115 Å². The second-order valence-corrected chi connectivity index (χ2v) is 28.0. The Bertz CT molecular complexity index is 4510. The van der Waals surface area contributed by atoms with Gasteiger partial charge in [-0.05, 0) is 126 Å². The van der Waals surface area contributed by atoms with Gasteiger partial charge in [0, 0.05) is 86.2 Å². The lowest BCUT2D eigenvalue weighted by molar-refractivity contribution is -0.151. The Morgan fingerprint density at radius 1 is 0.317 bits per heavy atom. The third kappa shape index (κ3) is 54.7. The van der Waals surface area contributed by atoms with Crippen molar-refractivity contribution in [2.45, 2.75) is 198 Å². The van der Waals surface area contributed by atoms with Crippen LogP contribution in [0.2, 0.25) is 0 Å². The molecule has 0 aliphatic heterocycles. The second kappa shape index (κ2) is 68.7. The van der Waals surface area contributed by atoms with Crippen LogP contribution in [0.1, 0.15) is 234 Å². The summed E-state index contributed by atoms with van der Waals surface area (Å²) in [5, 5.41) is 11.1. The molecule has 0 aliphatic carbocycles. The molecule has 0 saturated heterocycles. The van der Waals surface area contributed by atoms with Crippen molar-refractivity contribution in [1.82, 2.24) is 26.2 Å². The minimum absolute atomic E-state index is 0.00667. The normalized spacial score (nSPS) is 9.67. The van der Waals surface area contributed by atoms with E-state index in [4.69, 9.17) is 18.9 Å². The van der Waals surface area contributed by atoms with Gasteiger partial charge in [-0.1, -0.05) is 344 Å². The summed E-state index contributed by atoms with van der Waals surface area (Å²) < 4.78 is 20.5. The summed E-state index contributed by atoms with van der Waals surface area (Å²) in [5.74, 6) is -0.743. The molecule has 0 spiro atoms. The zero-order valence-electron chi connectivity index (χ0n) is 74.3. The molecule has 123 heavy (non-hydrogen) atoms. The largest absolute Gasteiger partial charge is 0.466 e. The first-order chi connectivity index (χ1) is 59.3. The van der Waals surface area contributed by atoms with E-state index >= 15 is 0 Å². The summed E-state index contributed by atoms with van der Waals surface area (Å²) in [7, 11) is 1.83. The van der Waals surface area contributed by atoms with Gasteiger partial charge in [0.15, 0.2) is 0 Å². The molecule has 0 saturated carbocycles. The number of rotatable bonds is 40. The van der Waals surface area contributed by atoms with E-state index in [2.05, 4.69) is 87.7 Å². The predicted octanol–water partition coefficient (Wildman–Crippen LogP) is 22.4. The number of benzene rings is 8. The highest BCUT2D eigenvalue weighted by molar-refractivity contribution is 5.78. The third-order valence-electron chi connectivity index (χ3n) is 17.7. The number of unbranched alkanes of at least 4 members (excludes halogenated alkanes) is 5. The fraction of sp³-hybridized carbons (Fsp3) is 0.305. The molecule has 8 aromatic rings. The quantitative estimate of drug-likeness (QED) is 0.0159. The molecule has 0 aliphatic rings. The van der Waals surface area contributed by atoms with Gasteiger partial charge in [0.2, 0.25) is 29.5 Å². The first kappa shape index (κ1) is 108. The number of amides is 5. The average Bonchev–Trinajstić information content (AvgIpc) is 0.912. The third-order valence-corrected chi connectivity index (χ3v) is 17.7. The topological polar surface area (TPSA) is 242 Å². The summed E-state index contributed by atoms with van der Waals surface area (Å²) in [5.41, 5.74) is 17.0. The summed E-state index contributed by atoms with van der Waals surface area (Å²) in [6.45, 7) is 48.4. The highest BCUT2D eigenvalue weighted by atomic mass is 16.5. The lowest BCUT2D eigenvalue weighted by atomic mass is 10.1. The van der Waals surface area contributed by atoms with E-state index in [1.54, 1.807) is 47.4 Å². The van der Waals surface area contributed by atoms with Crippen molar-refractivity contribution in [2.24, 2.45) is 0 Å². The van der Waals surface area contributed by atoms with Gasteiger partial charge in [0.25, 0.3) is 0 Å². The van der Waals surface area contributed by atoms with Crippen LogP contribution in [0.4, 0.5) is 0 Å². The molecule has 18 nitrogen and oxygen atoms in total. The van der Waals surface area contributed by atoms with E-state index in [1.807, 2.05) is 228 Å². The van der Waals surface area contributed by atoms with Gasteiger partial charge < -0.3 is 45.1 Å². The Labute approximate surface area is 733 Å². The van der Waals surface area contributed by atoms with E-state index in [9.17, 15) is 43.2 Å². The number of nitrogens with one attached hydrogen (secondary N) is 4. The number of nitrogens with zero attached hydrogens (tertiary/aromatic N) is 1. The number of carbonyl (C=O) groups excluding carboxylic acids is 9. The first-order valence-corrected chi connectivity index (χ1v) is 41.8. The zero-order chi connectivity index (χ0) is 91.2. The van der Waals surface area contributed by atoms with Crippen LogP contribution < -0.4 is 21.3 Å². The number of esters is 4. The van der Waals surface area contributed by atoms with Gasteiger partial charge in [-0.2, -0.15) is 0 Å². The molecule has 4 N–H and O–H groups in total. The first-order valence-electron chi connectivity index (χ1n) is 41.8. The fourth-order valence-corrected chi connectivity index (χ4v) is 10.4. The van der Waals surface area contributed by atoms with Crippen molar-refractivity contribution in [3.63, 3.8) is 0 Å². The Kier molecular flexibility index (Phi) is 60.2. The Hall–Kier alpha value is -13.1. The number of ether oxygens (including phenoxy) is 4. The maximum atomic E-state index is 11.5. The van der Waals surface area contributed by atoms with Gasteiger partial charge >= 0.3 is 23.9 Å². The Morgan fingerprint density at radius 2 is 0.659 bits per heavy atom. The van der Waals surface area contributed by atoms with Crippen LogP contribution in [0.3, 0.4) is 0 Å². The minimum Gasteiger partial charge on any atom is -0.466 e. The van der Waals surface area contributed by atoms with Crippen LogP contribution in [-0.4, -0.2) is 72.0 Å². The predicted molar refractivity (Wildman–Crippen MR) is 507 cm³/mol. The smallest absolute Gasteiger partial charge is 0.306 e. The number of hydrogen-bond acceptors (Lipinski definition) is 13. The van der Waals surface area contributed by atoms with Crippen LogP contribution in [0.15, 0.2) is 247 Å². The van der Waals surface area contributed by atoms with Crippen molar-refractivity contribution in [1.29, 1.82) is 0 Å². The molecule has 0 bridgehead atoms. The Balaban J connectivity index is 0.000000706. The van der Waals surface area contributed by atoms with E-state index in [0.29, 0.717) is 78.2 Å². The molecule has 5 amide bonds. The van der Waals surface area contributed by atoms with Gasteiger partial charge in [-0.25, -0.2) is 0 Å². The van der Waals surface area contributed by atoms with E-state index in [0.717, 1.165) is 140 Å². The standard InChI is InChI=1S/C17H22O4.2C15H20O2.C13H17NO.C12H15NO.3C11H13NO/c1-3-5-12-20-16(18)10-11-17(19)21-13-15-8-6-14(4-2)7-9-15;1-3-5-6-10-15(16)17-12-14-9-7-8-13(4-2)11-14;1-3-5-6-7-15(16)17-12-14-10-8-13(4-2)9-11-14;1-4-11-6-8-12(9-7-11)10-14(3)13(15)5-2;1-3-10-6-5-7-11(8-10)9-13-12(14)4-2;1-3-10-4-6-11(7-5-10)8-12-9(2)13;1-3-10-5-4-6-11(7-10)8-12-9(2)13;1-3-10-6-4-5-7-11(10)8-12-9(2)13/h4,6-9H,2-3,5,10-13H2,1H3;4,7-9,11H,2-3,5-6,10,12H2,1H3;4,8-11H,2-3,5-7,12H2,1H3;4,6-9H,1,5,10H2,2-3H3;3,5-8H,1,4,9H2,2H3,(H,13,14);3*3-7H,1,8H2,2H3,(H,12,13). The van der Waals surface area contributed by atoms with Gasteiger partial charge in [-0.15, -0.1) is 0 Å². The van der Waals surface area contributed by atoms with E-state index in [-0.39, 0.29) is 66.9 Å². The molecule has 0 heterocycles. The maximum absolute atomic E-state index is 11.5. The molecule has 0 fully saturated rings. The molecular formula is C105H133N5O13. The molecule has 8 rings (SSSR count). The monoisotopic (exact) mass is 1670 g/mol. The molecule has 18 heteroatoms. The minimum atomic E-state index is -0.393. The highest BCUT2D eigenvalue weighted by Crippen LogP contribution is 2.16. The van der Waals surface area contributed by atoms with Crippen molar-refractivity contribution in [3.05, 3.63) is 336 Å². The highest BCUT2D eigenvalue weighted by Gasteiger charge is 2.12. The molecule has 8 aromatic carbocycles. The summed E-state index contributed by atoms with van der Waals surface area (Å²) in [4.78, 5) is 102. The molecular weight excluding hydrogens is 1540 g/mol. The number of hydrogen-bond donors (Lipinski definition) is 4. The molecule has 656 valence electrons.